The van der Waals surface area contributed by atoms with Crippen LogP contribution in [0.1, 0.15) is 29.5 Å². The van der Waals surface area contributed by atoms with Crippen molar-refractivity contribution in [2.75, 3.05) is 20.8 Å². The first kappa shape index (κ1) is 12.8. The Morgan fingerprint density at radius 1 is 1.19 bits per heavy atom. The summed E-state index contributed by atoms with van der Waals surface area (Å²) in [7, 11) is 3.32. The van der Waals surface area contributed by atoms with E-state index in [1.54, 1.807) is 14.2 Å². The van der Waals surface area contributed by atoms with Crippen molar-refractivity contribution in [1.82, 2.24) is 0 Å². The first-order chi connectivity index (χ1) is 7.56. The van der Waals surface area contributed by atoms with E-state index in [0.717, 1.165) is 17.1 Å². The fourth-order valence-electron chi connectivity index (χ4n) is 1.93. The van der Waals surface area contributed by atoms with Gasteiger partial charge in [-0.25, -0.2) is 0 Å². The monoisotopic (exact) mass is 223 g/mol. The fraction of sp³-hybridized carbons (Fsp3) is 0.538. The molecule has 0 aliphatic rings. The van der Waals surface area contributed by atoms with Crippen LogP contribution in [0.2, 0.25) is 0 Å². The van der Waals surface area contributed by atoms with Gasteiger partial charge in [0.2, 0.25) is 0 Å². The molecule has 1 rings (SSSR count). The fourth-order valence-corrected chi connectivity index (χ4v) is 1.93. The molecule has 1 atom stereocenters. The normalized spacial score (nSPS) is 12.4. The van der Waals surface area contributed by atoms with Gasteiger partial charge in [-0.05, 0) is 49.1 Å². The molecule has 0 radical (unpaired) electrons. The van der Waals surface area contributed by atoms with Crippen LogP contribution < -0.4 is 15.2 Å². The summed E-state index contributed by atoms with van der Waals surface area (Å²) >= 11 is 0. The van der Waals surface area contributed by atoms with Gasteiger partial charge in [-0.15, -0.1) is 0 Å². The van der Waals surface area contributed by atoms with Gasteiger partial charge >= 0.3 is 0 Å². The third kappa shape index (κ3) is 2.14. The Morgan fingerprint density at radius 2 is 1.81 bits per heavy atom. The highest BCUT2D eigenvalue weighted by atomic mass is 16.5. The van der Waals surface area contributed by atoms with E-state index >= 15 is 0 Å². The lowest BCUT2D eigenvalue weighted by Crippen LogP contribution is -2.11. The number of hydrogen-bond donors (Lipinski definition) is 1. The van der Waals surface area contributed by atoms with Gasteiger partial charge in [-0.2, -0.15) is 0 Å². The van der Waals surface area contributed by atoms with E-state index in [9.17, 15) is 0 Å². The van der Waals surface area contributed by atoms with Crippen LogP contribution in [0.25, 0.3) is 0 Å². The van der Waals surface area contributed by atoms with Crippen LogP contribution in [0.5, 0.6) is 11.5 Å². The van der Waals surface area contributed by atoms with Crippen molar-refractivity contribution in [3.8, 4) is 11.5 Å². The molecule has 90 valence electrons. The minimum Gasteiger partial charge on any atom is -0.493 e. The highest BCUT2D eigenvalue weighted by Gasteiger charge is 2.16. The average molecular weight is 223 g/mol. The number of hydrogen-bond acceptors (Lipinski definition) is 3. The van der Waals surface area contributed by atoms with Gasteiger partial charge in [-0.3, -0.25) is 0 Å². The highest BCUT2D eigenvalue weighted by Crippen LogP contribution is 2.37. The Hall–Kier alpha value is -1.22. The molecule has 2 N–H and O–H groups in total. The Morgan fingerprint density at radius 3 is 2.25 bits per heavy atom. The summed E-state index contributed by atoms with van der Waals surface area (Å²) in [5, 5.41) is 0. The van der Waals surface area contributed by atoms with Crippen molar-refractivity contribution in [2.24, 2.45) is 5.73 Å². The van der Waals surface area contributed by atoms with Crippen molar-refractivity contribution in [2.45, 2.75) is 26.7 Å². The second kappa shape index (κ2) is 5.21. The molecule has 1 unspecified atom stereocenters. The minimum atomic E-state index is 0.332. The van der Waals surface area contributed by atoms with Crippen molar-refractivity contribution in [3.05, 3.63) is 22.8 Å². The number of benzene rings is 1. The molecule has 0 bridgehead atoms. The molecule has 3 heteroatoms. The van der Waals surface area contributed by atoms with Gasteiger partial charge < -0.3 is 15.2 Å². The topological polar surface area (TPSA) is 44.5 Å². The van der Waals surface area contributed by atoms with Crippen LogP contribution in [-0.2, 0) is 0 Å². The maximum absolute atomic E-state index is 5.71. The summed E-state index contributed by atoms with van der Waals surface area (Å²) in [5.74, 6) is 1.92. The van der Waals surface area contributed by atoms with Gasteiger partial charge in [0, 0.05) is 0 Å². The number of ether oxygens (including phenoxy) is 2. The van der Waals surface area contributed by atoms with Crippen LogP contribution >= 0.6 is 0 Å². The summed E-state index contributed by atoms with van der Waals surface area (Å²) < 4.78 is 10.7. The smallest absolute Gasteiger partial charge is 0.163 e. The maximum Gasteiger partial charge on any atom is 0.163 e. The second-order valence-electron chi connectivity index (χ2n) is 4.09. The molecular formula is C13H21NO2. The molecule has 0 saturated carbocycles. The van der Waals surface area contributed by atoms with E-state index in [1.165, 1.54) is 11.1 Å². The van der Waals surface area contributed by atoms with Gasteiger partial charge in [0.25, 0.3) is 0 Å². The molecule has 0 aromatic heterocycles. The lowest BCUT2D eigenvalue weighted by molar-refractivity contribution is 0.352. The van der Waals surface area contributed by atoms with Crippen LogP contribution in [0, 0.1) is 13.8 Å². The molecule has 0 fully saturated rings. The molecule has 0 aliphatic heterocycles. The zero-order valence-electron chi connectivity index (χ0n) is 10.8. The summed E-state index contributed by atoms with van der Waals surface area (Å²) in [6.45, 7) is 6.89. The molecule has 0 spiro atoms. The van der Waals surface area contributed by atoms with E-state index in [4.69, 9.17) is 15.2 Å². The Labute approximate surface area is 97.6 Å². The van der Waals surface area contributed by atoms with E-state index in [0.29, 0.717) is 12.5 Å². The first-order valence-electron chi connectivity index (χ1n) is 5.48. The maximum atomic E-state index is 5.71. The van der Waals surface area contributed by atoms with Crippen molar-refractivity contribution in [3.63, 3.8) is 0 Å². The van der Waals surface area contributed by atoms with E-state index in [1.807, 2.05) is 13.0 Å². The van der Waals surface area contributed by atoms with Crippen LogP contribution in [0.4, 0.5) is 0 Å². The highest BCUT2D eigenvalue weighted by molar-refractivity contribution is 5.54. The van der Waals surface area contributed by atoms with E-state index < -0.39 is 0 Å². The molecular weight excluding hydrogens is 202 g/mol. The summed E-state index contributed by atoms with van der Waals surface area (Å²) in [6, 6.07) is 2.03. The second-order valence-corrected chi connectivity index (χ2v) is 4.09. The van der Waals surface area contributed by atoms with Crippen molar-refractivity contribution >= 4 is 0 Å². The van der Waals surface area contributed by atoms with E-state index in [-0.39, 0.29) is 0 Å². The number of methoxy groups -OCH3 is 2. The minimum absolute atomic E-state index is 0.332. The number of rotatable bonds is 4. The summed E-state index contributed by atoms with van der Waals surface area (Å²) in [6.07, 6.45) is 0. The quantitative estimate of drug-likeness (QED) is 0.852. The Bertz CT molecular complexity index is 375. The molecule has 1 aromatic carbocycles. The molecule has 0 aliphatic carbocycles. The molecule has 3 nitrogen and oxygen atoms in total. The lowest BCUT2D eigenvalue weighted by Gasteiger charge is -2.19. The third-order valence-electron chi connectivity index (χ3n) is 3.16. The lowest BCUT2D eigenvalue weighted by atomic mass is 9.92. The standard InChI is InChI=1S/C13H21NO2/c1-8(7-14)11-6-12(15-4)13(16-5)10(3)9(11)2/h6,8H,7,14H2,1-5H3. The van der Waals surface area contributed by atoms with Crippen molar-refractivity contribution in [1.29, 1.82) is 0 Å². The summed E-state index contributed by atoms with van der Waals surface area (Å²) in [5.41, 5.74) is 9.30. The third-order valence-corrected chi connectivity index (χ3v) is 3.16. The molecule has 0 amide bonds. The number of nitrogens with two attached hydrogens (primary N) is 1. The van der Waals surface area contributed by atoms with E-state index in [2.05, 4.69) is 13.8 Å². The largest absolute Gasteiger partial charge is 0.493 e. The van der Waals surface area contributed by atoms with Gasteiger partial charge in [0.05, 0.1) is 14.2 Å². The van der Waals surface area contributed by atoms with Crippen LogP contribution in [0.15, 0.2) is 6.07 Å². The van der Waals surface area contributed by atoms with Crippen LogP contribution in [0.3, 0.4) is 0 Å². The first-order valence-corrected chi connectivity index (χ1v) is 5.48. The van der Waals surface area contributed by atoms with Crippen LogP contribution in [-0.4, -0.2) is 20.8 Å². The van der Waals surface area contributed by atoms with Gasteiger partial charge in [-0.1, -0.05) is 6.92 Å². The predicted octanol–water partition coefficient (Wildman–Crippen LogP) is 2.38. The van der Waals surface area contributed by atoms with Gasteiger partial charge in [0.1, 0.15) is 0 Å². The molecule has 16 heavy (non-hydrogen) atoms. The SMILES string of the molecule is COc1cc(C(C)CN)c(C)c(C)c1OC. The van der Waals surface area contributed by atoms with Gasteiger partial charge in [0.15, 0.2) is 11.5 Å². The zero-order chi connectivity index (χ0) is 12.3. The molecule has 0 heterocycles. The summed E-state index contributed by atoms with van der Waals surface area (Å²) in [4.78, 5) is 0. The predicted molar refractivity (Wildman–Crippen MR) is 66.5 cm³/mol. The molecule has 0 saturated heterocycles. The molecule has 1 aromatic rings. The Kier molecular flexibility index (Phi) is 4.19. The Balaban J connectivity index is 3.38. The van der Waals surface area contributed by atoms with Crippen molar-refractivity contribution < 1.29 is 9.47 Å². The zero-order valence-corrected chi connectivity index (χ0v) is 10.8. The average Bonchev–Trinajstić information content (AvgIpc) is 2.31.